The van der Waals surface area contributed by atoms with Gasteiger partial charge in [-0.25, -0.2) is 0 Å². The Kier molecular flexibility index (Phi) is 3.23. The predicted molar refractivity (Wildman–Crippen MR) is 73.3 cm³/mol. The van der Waals surface area contributed by atoms with E-state index in [9.17, 15) is 0 Å². The fourth-order valence-electron chi connectivity index (χ4n) is 2.70. The van der Waals surface area contributed by atoms with Gasteiger partial charge in [0.1, 0.15) is 17.4 Å². The van der Waals surface area contributed by atoms with Crippen LogP contribution in [0.4, 0.5) is 0 Å². The first-order valence-corrected chi connectivity index (χ1v) is 6.80. The van der Waals surface area contributed by atoms with E-state index in [2.05, 4.69) is 27.8 Å². The maximum atomic E-state index is 5.40. The van der Waals surface area contributed by atoms with Crippen molar-refractivity contribution in [2.45, 2.75) is 32.7 Å². The third kappa shape index (κ3) is 2.35. The highest BCUT2D eigenvalue weighted by molar-refractivity contribution is 5.35. The second-order valence-corrected chi connectivity index (χ2v) is 5.28. The topological polar surface area (TPSA) is 39.9 Å². The smallest absolute Gasteiger partial charge is 0.137 e. The molecule has 1 atom stereocenters. The van der Waals surface area contributed by atoms with Gasteiger partial charge in [0.05, 0.1) is 7.11 Å². The SMILES string of the molecule is COc1ccccc1Cc1nnc2n1CC(C)CC2. The molecule has 0 radical (unpaired) electrons. The number of aryl methyl sites for hydroxylation is 1. The van der Waals surface area contributed by atoms with Crippen LogP contribution in [0.3, 0.4) is 0 Å². The summed E-state index contributed by atoms with van der Waals surface area (Å²) in [5.74, 6) is 3.80. The Balaban J connectivity index is 1.90. The Hall–Kier alpha value is -1.84. The van der Waals surface area contributed by atoms with E-state index in [1.165, 1.54) is 12.0 Å². The molecule has 19 heavy (non-hydrogen) atoms. The number of nitrogens with zero attached hydrogens (tertiary/aromatic N) is 3. The van der Waals surface area contributed by atoms with Crippen molar-refractivity contribution in [3.8, 4) is 5.75 Å². The summed E-state index contributed by atoms with van der Waals surface area (Å²) >= 11 is 0. The van der Waals surface area contributed by atoms with Crippen LogP contribution in [-0.4, -0.2) is 21.9 Å². The standard InChI is InChI=1S/C15H19N3O/c1-11-7-8-14-16-17-15(18(14)10-11)9-12-5-3-4-6-13(12)19-2/h3-6,11H,7-10H2,1-2H3. The second kappa shape index (κ2) is 5.03. The molecule has 0 N–H and O–H groups in total. The molecule has 0 bridgehead atoms. The van der Waals surface area contributed by atoms with E-state index in [1.54, 1.807) is 7.11 Å². The van der Waals surface area contributed by atoms with Crippen LogP contribution in [0.25, 0.3) is 0 Å². The number of ether oxygens (including phenoxy) is 1. The first-order valence-electron chi connectivity index (χ1n) is 6.80. The lowest BCUT2D eigenvalue weighted by Crippen LogP contribution is -2.20. The van der Waals surface area contributed by atoms with Gasteiger partial charge in [-0.1, -0.05) is 25.1 Å². The van der Waals surface area contributed by atoms with Crippen LogP contribution in [0.5, 0.6) is 5.75 Å². The number of para-hydroxylation sites is 1. The zero-order valence-electron chi connectivity index (χ0n) is 11.5. The Labute approximate surface area is 113 Å². The lowest BCUT2D eigenvalue weighted by atomic mass is 10.0. The minimum absolute atomic E-state index is 0.708. The molecule has 0 aliphatic carbocycles. The van der Waals surface area contributed by atoms with Crippen molar-refractivity contribution >= 4 is 0 Å². The third-order valence-electron chi connectivity index (χ3n) is 3.80. The second-order valence-electron chi connectivity index (χ2n) is 5.28. The van der Waals surface area contributed by atoms with E-state index in [4.69, 9.17) is 4.74 Å². The molecule has 0 spiro atoms. The van der Waals surface area contributed by atoms with Crippen molar-refractivity contribution in [1.82, 2.24) is 14.8 Å². The summed E-state index contributed by atoms with van der Waals surface area (Å²) in [6.45, 7) is 3.32. The average molecular weight is 257 g/mol. The highest BCUT2D eigenvalue weighted by atomic mass is 16.5. The zero-order valence-corrected chi connectivity index (χ0v) is 11.5. The highest BCUT2D eigenvalue weighted by Crippen LogP contribution is 2.24. The van der Waals surface area contributed by atoms with Crippen LogP contribution in [0.2, 0.25) is 0 Å². The molecular weight excluding hydrogens is 238 g/mol. The molecule has 4 nitrogen and oxygen atoms in total. The summed E-state index contributed by atoms with van der Waals surface area (Å²) in [5.41, 5.74) is 1.17. The van der Waals surface area contributed by atoms with E-state index in [0.717, 1.165) is 36.8 Å². The first kappa shape index (κ1) is 12.2. The number of aromatic nitrogens is 3. The maximum Gasteiger partial charge on any atom is 0.137 e. The van der Waals surface area contributed by atoms with Gasteiger partial charge in [0.25, 0.3) is 0 Å². The minimum Gasteiger partial charge on any atom is -0.496 e. The summed E-state index contributed by atoms with van der Waals surface area (Å²) in [5, 5.41) is 8.68. The molecule has 1 unspecified atom stereocenters. The maximum absolute atomic E-state index is 5.40. The number of hydrogen-bond donors (Lipinski definition) is 0. The van der Waals surface area contributed by atoms with Crippen molar-refractivity contribution in [3.63, 3.8) is 0 Å². The summed E-state index contributed by atoms with van der Waals surface area (Å²) in [4.78, 5) is 0. The molecule has 2 aromatic rings. The lowest BCUT2D eigenvalue weighted by Gasteiger charge is -2.21. The molecule has 0 saturated heterocycles. The molecule has 0 saturated carbocycles. The lowest BCUT2D eigenvalue weighted by molar-refractivity contribution is 0.386. The Morgan fingerprint density at radius 1 is 1.32 bits per heavy atom. The number of rotatable bonds is 3. The van der Waals surface area contributed by atoms with Crippen molar-refractivity contribution in [2.24, 2.45) is 5.92 Å². The number of fused-ring (bicyclic) bond motifs is 1. The zero-order chi connectivity index (χ0) is 13.2. The number of hydrogen-bond acceptors (Lipinski definition) is 3. The molecule has 1 aromatic heterocycles. The largest absolute Gasteiger partial charge is 0.496 e. The Bertz CT molecular complexity index is 577. The van der Waals surface area contributed by atoms with E-state index in [0.29, 0.717) is 5.92 Å². The van der Waals surface area contributed by atoms with Gasteiger partial charge in [-0.05, 0) is 18.4 Å². The molecule has 3 rings (SSSR count). The molecule has 0 fully saturated rings. The van der Waals surface area contributed by atoms with Crippen LogP contribution < -0.4 is 4.74 Å². The summed E-state index contributed by atoms with van der Waals surface area (Å²) in [7, 11) is 1.71. The van der Waals surface area contributed by atoms with E-state index in [1.807, 2.05) is 18.2 Å². The minimum atomic E-state index is 0.708. The summed E-state index contributed by atoms with van der Waals surface area (Å²) in [6, 6.07) is 8.11. The van der Waals surface area contributed by atoms with Crippen LogP contribution >= 0.6 is 0 Å². The van der Waals surface area contributed by atoms with E-state index in [-0.39, 0.29) is 0 Å². The molecule has 2 heterocycles. The molecule has 4 heteroatoms. The molecule has 1 aliphatic heterocycles. The predicted octanol–water partition coefficient (Wildman–Crippen LogP) is 2.46. The fourth-order valence-corrected chi connectivity index (χ4v) is 2.70. The monoisotopic (exact) mass is 257 g/mol. The summed E-state index contributed by atoms with van der Waals surface area (Å²) < 4.78 is 7.68. The molecular formula is C15H19N3O. The Morgan fingerprint density at radius 2 is 2.16 bits per heavy atom. The molecule has 1 aromatic carbocycles. The molecule has 1 aliphatic rings. The first-order chi connectivity index (χ1) is 9.28. The van der Waals surface area contributed by atoms with Crippen molar-refractivity contribution < 1.29 is 4.74 Å². The van der Waals surface area contributed by atoms with Gasteiger partial charge >= 0.3 is 0 Å². The quantitative estimate of drug-likeness (QED) is 0.848. The van der Waals surface area contributed by atoms with Gasteiger partial charge in [-0.2, -0.15) is 0 Å². The van der Waals surface area contributed by atoms with Gasteiger partial charge in [0.2, 0.25) is 0 Å². The number of benzene rings is 1. The average Bonchev–Trinajstić information content (AvgIpc) is 2.82. The van der Waals surface area contributed by atoms with E-state index < -0.39 is 0 Å². The van der Waals surface area contributed by atoms with Crippen LogP contribution in [0, 0.1) is 5.92 Å². The number of methoxy groups -OCH3 is 1. The fraction of sp³-hybridized carbons (Fsp3) is 0.467. The normalized spacial score (nSPS) is 18.1. The highest BCUT2D eigenvalue weighted by Gasteiger charge is 2.20. The van der Waals surface area contributed by atoms with Gasteiger partial charge in [0, 0.05) is 24.9 Å². The van der Waals surface area contributed by atoms with Gasteiger partial charge in [-0.3, -0.25) is 0 Å². The molecule has 100 valence electrons. The van der Waals surface area contributed by atoms with Crippen LogP contribution in [-0.2, 0) is 19.4 Å². The van der Waals surface area contributed by atoms with Crippen LogP contribution in [0.1, 0.15) is 30.6 Å². The summed E-state index contributed by atoms with van der Waals surface area (Å²) in [6.07, 6.45) is 3.04. The van der Waals surface area contributed by atoms with Crippen molar-refractivity contribution in [2.75, 3.05) is 7.11 Å². The van der Waals surface area contributed by atoms with Crippen molar-refractivity contribution in [1.29, 1.82) is 0 Å². The Morgan fingerprint density at radius 3 is 3.00 bits per heavy atom. The van der Waals surface area contributed by atoms with E-state index >= 15 is 0 Å². The van der Waals surface area contributed by atoms with Crippen molar-refractivity contribution in [3.05, 3.63) is 41.5 Å². The van der Waals surface area contributed by atoms with Crippen LogP contribution in [0.15, 0.2) is 24.3 Å². The molecule has 0 amide bonds. The van der Waals surface area contributed by atoms with Gasteiger partial charge < -0.3 is 9.30 Å². The van der Waals surface area contributed by atoms with Gasteiger partial charge in [-0.15, -0.1) is 10.2 Å². The third-order valence-corrected chi connectivity index (χ3v) is 3.80. The van der Waals surface area contributed by atoms with Gasteiger partial charge in [0.15, 0.2) is 0 Å².